The first kappa shape index (κ1) is 16.1. The number of anilines is 1. The Morgan fingerprint density at radius 2 is 1.60 bits per heavy atom. The third-order valence-electron chi connectivity index (χ3n) is 5.56. The van der Waals surface area contributed by atoms with Gasteiger partial charge in [0, 0.05) is 6.54 Å². The Hall–Kier alpha value is -2.43. The molecule has 130 valence electrons. The van der Waals surface area contributed by atoms with Gasteiger partial charge in [0.25, 0.3) is 0 Å². The second kappa shape index (κ2) is 5.83. The molecule has 0 saturated carbocycles. The van der Waals surface area contributed by atoms with Crippen molar-refractivity contribution in [2.24, 2.45) is 23.7 Å². The van der Waals surface area contributed by atoms with Gasteiger partial charge in [0.15, 0.2) is 0 Å². The van der Waals surface area contributed by atoms with Crippen molar-refractivity contribution in [3.63, 3.8) is 0 Å². The van der Waals surface area contributed by atoms with Gasteiger partial charge in [-0.25, -0.2) is 4.90 Å². The predicted molar refractivity (Wildman–Crippen MR) is 93.5 cm³/mol. The van der Waals surface area contributed by atoms with Crippen molar-refractivity contribution in [2.75, 3.05) is 11.4 Å². The minimum atomic E-state index is -0.550. The molecule has 4 atom stereocenters. The van der Waals surface area contributed by atoms with E-state index in [4.69, 9.17) is 0 Å². The van der Waals surface area contributed by atoms with Gasteiger partial charge in [0.2, 0.25) is 17.7 Å². The number of piperidine rings is 1. The Kier molecular flexibility index (Phi) is 3.74. The molecule has 2 fully saturated rings. The first-order chi connectivity index (χ1) is 12.0. The van der Waals surface area contributed by atoms with Crippen LogP contribution in [-0.4, -0.2) is 35.2 Å². The van der Waals surface area contributed by atoms with Gasteiger partial charge in [-0.15, -0.1) is 0 Å². The predicted octanol–water partition coefficient (Wildman–Crippen LogP) is 2.24. The van der Waals surface area contributed by atoms with E-state index in [0.29, 0.717) is 18.2 Å². The average molecular weight is 338 g/mol. The maximum Gasteiger partial charge on any atom is 0.240 e. The van der Waals surface area contributed by atoms with E-state index in [1.54, 1.807) is 12.1 Å². The number of imide groups is 1. The largest absolute Gasteiger partial charge is 0.335 e. The zero-order chi connectivity index (χ0) is 17.7. The number of nitrogens with zero attached hydrogens (tertiary/aromatic N) is 2. The van der Waals surface area contributed by atoms with Crippen LogP contribution in [-0.2, 0) is 14.4 Å². The van der Waals surface area contributed by atoms with E-state index < -0.39 is 17.8 Å². The zero-order valence-electron chi connectivity index (χ0n) is 14.5. The van der Waals surface area contributed by atoms with Crippen LogP contribution in [0, 0.1) is 23.7 Å². The number of rotatable bonds is 4. The van der Waals surface area contributed by atoms with E-state index in [2.05, 4.69) is 13.8 Å². The molecule has 0 aromatic heterocycles. The van der Waals surface area contributed by atoms with Crippen molar-refractivity contribution in [3.05, 3.63) is 42.5 Å². The van der Waals surface area contributed by atoms with Crippen molar-refractivity contribution in [1.29, 1.82) is 0 Å². The lowest BCUT2D eigenvalue weighted by molar-refractivity contribution is -0.150. The highest BCUT2D eigenvalue weighted by Crippen LogP contribution is 2.46. The van der Waals surface area contributed by atoms with Crippen molar-refractivity contribution >= 4 is 23.4 Å². The maximum absolute atomic E-state index is 13.1. The van der Waals surface area contributed by atoms with Crippen LogP contribution in [0.1, 0.15) is 20.3 Å². The summed E-state index contributed by atoms with van der Waals surface area (Å²) in [5, 5.41) is 0. The van der Waals surface area contributed by atoms with E-state index in [9.17, 15) is 14.4 Å². The molecule has 1 aliphatic carbocycles. The van der Waals surface area contributed by atoms with Gasteiger partial charge < -0.3 is 4.90 Å². The first-order valence-corrected chi connectivity index (χ1v) is 8.92. The lowest BCUT2D eigenvalue weighted by atomic mass is 9.69. The Labute approximate surface area is 147 Å². The van der Waals surface area contributed by atoms with Gasteiger partial charge in [-0.05, 0) is 24.5 Å². The fourth-order valence-electron chi connectivity index (χ4n) is 4.28. The summed E-state index contributed by atoms with van der Waals surface area (Å²) in [5.41, 5.74) is 0.590. The van der Waals surface area contributed by atoms with E-state index in [1.165, 1.54) is 4.90 Å². The minimum absolute atomic E-state index is 0.00883. The summed E-state index contributed by atoms with van der Waals surface area (Å²) < 4.78 is 0. The van der Waals surface area contributed by atoms with Crippen LogP contribution in [0.3, 0.4) is 0 Å². The van der Waals surface area contributed by atoms with Crippen molar-refractivity contribution in [1.82, 2.24) is 4.90 Å². The molecule has 0 unspecified atom stereocenters. The maximum atomic E-state index is 13.1. The fourth-order valence-corrected chi connectivity index (χ4v) is 4.28. The summed E-state index contributed by atoms with van der Waals surface area (Å²) in [6.07, 6.45) is 4.68. The molecule has 0 spiro atoms. The number of carbonyl (C=O) groups is 3. The van der Waals surface area contributed by atoms with Gasteiger partial charge in [-0.3, -0.25) is 14.4 Å². The Bertz CT molecular complexity index is 755. The molecule has 4 aliphatic rings. The van der Waals surface area contributed by atoms with Crippen LogP contribution in [0.5, 0.6) is 0 Å². The molecule has 1 aromatic carbocycles. The number of amides is 3. The highest BCUT2D eigenvalue weighted by atomic mass is 16.2. The Morgan fingerprint density at radius 1 is 0.920 bits per heavy atom. The summed E-state index contributed by atoms with van der Waals surface area (Å²) in [5.74, 6) is -1.45. The van der Waals surface area contributed by atoms with E-state index in [-0.39, 0.29) is 23.8 Å². The number of hydrogen-bond donors (Lipinski definition) is 0. The normalized spacial score (nSPS) is 30.6. The average Bonchev–Trinajstić information content (AvgIpc) is 2.87. The minimum Gasteiger partial charge on any atom is -0.335 e. The molecule has 2 bridgehead atoms. The highest BCUT2D eigenvalue weighted by molar-refractivity contribution is 6.24. The zero-order valence-corrected chi connectivity index (χ0v) is 14.5. The number of para-hydroxylation sites is 1. The van der Waals surface area contributed by atoms with Gasteiger partial charge in [-0.1, -0.05) is 44.2 Å². The van der Waals surface area contributed by atoms with Gasteiger partial charge >= 0.3 is 0 Å². The molecule has 2 saturated heterocycles. The molecular formula is C20H22N2O3. The Balaban J connectivity index is 1.68. The molecule has 25 heavy (non-hydrogen) atoms. The molecule has 3 aliphatic heterocycles. The summed E-state index contributed by atoms with van der Waals surface area (Å²) in [6, 6.07) is 8.70. The molecule has 1 aromatic rings. The fraction of sp³-hybridized carbons (Fsp3) is 0.450. The lowest BCUT2D eigenvalue weighted by Crippen LogP contribution is -2.59. The number of hydrogen-bond acceptors (Lipinski definition) is 3. The lowest BCUT2D eigenvalue weighted by Gasteiger charge is -2.46. The van der Waals surface area contributed by atoms with Gasteiger partial charge in [-0.2, -0.15) is 0 Å². The quantitative estimate of drug-likeness (QED) is 0.625. The molecule has 0 radical (unpaired) electrons. The third kappa shape index (κ3) is 2.33. The summed E-state index contributed by atoms with van der Waals surface area (Å²) >= 11 is 0. The van der Waals surface area contributed by atoms with Gasteiger partial charge in [0.1, 0.15) is 0 Å². The number of benzene rings is 1. The van der Waals surface area contributed by atoms with E-state index >= 15 is 0 Å². The second-order valence-electron chi connectivity index (χ2n) is 7.51. The van der Waals surface area contributed by atoms with Crippen LogP contribution in [0.25, 0.3) is 0 Å². The summed E-state index contributed by atoms with van der Waals surface area (Å²) in [6.45, 7) is 4.87. The van der Waals surface area contributed by atoms with E-state index in [0.717, 1.165) is 6.42 Å². The van der Waals surface area contributed by atoms with Crippen LogP contribution in [0.4, 0.5) is 5.69 Å². The van der Waals surface area contributed by atoms with Crippen molar-refractivity contribution < 1.29 is 14.4 Å². The SMILES string of the molecule is CC(C)CCN1C(=O)[C@@H]2C=C[C@H]1[C@H]1C(=O)N(c3ccccc3)C(=O)[C@H]12. The number of carbonyl (C=O) groups excluding carboxylic acids is 3. The second-order valence-corrected chi connectivity index (χ2v) is 7.51. The van der Waals surface area contributed by atoms with Crippen LogP contribution in [0.15, 0.2) is 42.5 Å². The third-order valence-corrected chi connectivity index (χ3v) is 5.56. The van der Waals surface area contributed by atoms with Crippen LogP contribution >= 0.6 is 0 Å². The summed E-state index contributed by atoms with van der Waals surface area (Å²) in [7, 11) is 0. The monoisotopic (exact) mass is 338 g/mol. The molecule has 5 nitrogen and oxygen atoms in total. The van der Waals surface area contributed by atoms with Crippen LogP contribution in [0.2, 0.25) is 0 Å². The standard InChI is InChI=1S/C20H22N2O3/c1-12(2)10-11-21-15-9-8-14(18(21)23)16-17(15)20(25)22(19(16)24)13-6-4-3-5-7-13/h3-9,12,14-17H,10-11H2,1-2H3/t14-,15+,16+,17-/m1/s1. The van der Waals surface area contributed by atoms with Crippen molar-refractivity contribution in [3.8, 4) is 0 Å². The molecule has 3 heterocycles. The molecular weight excluding hydrogens is 316 g/mol. The summed E-state index contributed by atoms with van der Waals surface area (Å²) in [4.78, 5) is 41.9. The molecule has 0 N–H and O–H groups in total. The molecule has 5 rings (SSSR count). The molecule has 5 heteroatoms. The van der Waals surface area contributed by atoms with Crippen molar-refractivity contribution in [2.45, 2.75) is 26.3 Å². The highest BCUT2D eigenvalue weighted by Gasteiger charge is 2.61. The smallest absolute Gasteiger partial charge is 0.240 e. The first-order valence-electron chi connectivity index (χ1n) is 8.92. The van der Waals surface area contributed by atoms with Gasteiger partial charge in [0.05, 0.1) is 29.5 Å². The Morgan fingerprint density at radius 3 is 2.28 bits per heavy atom. The van der Waals surface area contributed by atoms with E-state index in [1.807, 2.05) is 35.3 Å². The van der Waals surface area contributed by atoms with Crippen LogP contribution < -0.4 is 4.90 Å². The molecule has 3 amide bonds. The topological polar surface area (TPSA) is 57.7 Å². The number of fused-ring (bicyclic) bond motifs is 1.